The minimum Gasteiger partial charge on any atom is -0.396 e. The Morgan fingerprint density at radius 3 is 1.02 bits per heavy atom. The summed E-state index contributed by atoms with van der Waals surface area (Å²) in [6.45, 7) is 48.9. The van der Waals surface area contributed by atoms with E-state index < -0.39 is 84.6 Å². The van der Waals surface area contributed by atoms with Gasteiger partial charge in [0.2, 0.25) is 0 Å². The van der Waals surface area contributed by atoms with E-state index in [1.165, 1.54) is 0 Å². The molecule has 0 saturated carbocycles. The number of hydrogen-bond acceptors (Lipinski definition) is 8. The SMILES string of the molecule is [B][B]B(CCC[Si](C)(C)O[Si](O[Si](C)(C)C)(O[Si](C)(C)C)O[Si](C)(C)CC)C[Si](C)(C)O[Si](O[Si](C)(C)C)(O[Si](C)(C)C)O[Si](C)(C)C. The zero-order chi connectivity index (χ0) is 38.5. The minimum atomic E-state index is -3.42. The summed E-state index contributed by atoms with van der Waals surface area (Å²) in [5.74, 6) is 0.871. The maximum absolute atomic E-state index is 7.16. The van der Waals surface area contributed by atoms with Crippen molar-refractivity contribution >= 4 is 106 Å². The fourth-order valence-corrected chi connectivity index (χ4v) is 38.6. The Labute approximate surface area is 312 Å². The van der Waals surface area contributed by atoms with E-state index in [4.69, 9.17) is 40.7 Å². The summed E-state index contributed by atoms with van der Waals surface area (Å²) in [4.78, 5) is 0. The Morgan fingerprint density at radius 1 is 0.438 bits per heavy atom. The lowest BCUT2D eigenvalue weighted by Crippen LogP contribution is -2.66. The van der Waals surface area contributed by atoms with Crippen LogP contribution in [-0.2, 0) is 32.9 Å². The van der Waals surface area contributed by atoms with Crippen molar-refractivity contribution in [3.63, 3.8) is 0 Å². The molecule has 0 saturated heterocycles. The first-order chi connectivity index (χ1) is 20.9. The van der Waals surface area contributed by atoms with Crippen LogP contribution in [0.25, 0.3) is 0 Å². The standard InChI is InChI=1S/C27H76B3O8Si10/c1-23-44(17,18)36-48(34-42(11,12)13,35-43(14,15)16)37-45(19,20)26-24-25-30(29-28)27-46(21,22)38-47(31-39(2,3)4,32-40(5,6)7)33-41(8,9)10/h23-27H2,1-22H3. The van der Waals surface area contributed by atoms with Crippen molar-refractivity contribution in [2.24, 2.45) is 0 Å². The first-order valence-electron chi connectivity index (χ1n) is 18.0. The molecule has 0 aliphatic heterocycles. The van der Waals surface area contributed by atoms with Gasteiger partial charge in [-0.1, -0.05) is 25.6 Å². The van der Waals surface area contributed by atoms with Crippen LogP contribution in [0.5, 0.6) is 0 Å². The van der Waals surface area contributed by atoms with Crippen LogP contribution in [0.4, 0.5) is 0 Å². The fourth-order valence-electron chi connectivity index (χ4n) is 4.99. The fraction of sp³-hybridized carbons (Fsp3) is 1.00. The van der Waals surface area contributed by atoms with Crippen LogP contribution < -0.4 is 0 Å². The molecule has 0 fully saturated rings. The van der Waals surface area contributed by atoms with E-state index in [9.17, 15) is 0 Å². The summed E-state index contributed by atoms with van der Waals surface area (Å²) in [7, 11) is -15.6. The zero-order valence-corrected chi connectivity index (χ0v) is 45.5. The lowest BCUT2D eigenvalue weighted by molar-refractivity contribution is 0.145. The van der Waals surface area contributed by atoms with Crippen LogP contribution in [0.1, 0.15) is 13.3 Å². The lowest BCUT2D eigenvalue weighted by atomic mass is 9.13. The second kappa shape index (κ2) is 18.1. The zero-order valence-electron chi connectivity index (χ0n) is 35.5. The Balaban J connectivity index is 6.15. The molecule has 0 aliphatic rings. The van der Waals surface area contributed by atoms with Gasteiger partial charge in [0.1, 0.15) is 0 Å². The van der Waals surface area contributed by atoms with Crippen molar-refractivity contribution in [3.05, 3.63) is 0 Å². The Morgan fingerprint density at radius 2 is 0.729 bits per heavy atom. The van der Waals surface area contributed by atoms with E-state index in [-0.39, 0.29) is 6.60 Å². The largest absolute Gasteiger partial charge is 0.636 e. The highest BCUT2D eigenvalue weighted by molar-refractivity contribution is 7.33. The molecule has 48 heavy (non-hydrogen) atoms. The van der Waals surface area contributed by atoms with Gasteiger partial charge in [0.15, 0.2) is 66.5 Å². The second-order valence-corrected chi connectivity index (χ2v) is 61.9. The van der Waals surface area contributed by atoms with E-state index in [1.807, 2.05) is 7.06 Å². The van der Waals surface area contributed by atoms with Crippen LogP contribution in [-0.4, -0.2) is 106 Å². The van der Waals surface area contributed by atoms with Gasteiger partial charge < -0.3 is 32.9 Å². The maximum Gasteiger partial charge on any atom is 0.636 e. The highest BCUT2D eigenvalue weighted by Crippen LogP contribution is 2.34. The van der Waals surface area contributed by atoms with Gasteiger partial charge in [-0.25, -0.2) is 0 Å². The van der Waals surface area contributed by atoms with E-state index in [0.717, 1.165) is 30.8 Å². The van der Waals surface area contributed by atoms with Gasteiger partial charge in [-0.2, -0.15) is 0 Å². The van der Waals surface area contributed by atoms with E-state index in [2.05, 4.69) is 144 Å². The lowest BCUT2D eigenvalue weighted by Gasteiger charge is -2.45. The van der Waals surface area contributed by atoms with Crippen LogP contribution in [0.2, 0.25) is 162 Å². The quantitative estimate of drug-likeness (QED) is 0.0891. The highest BCUT2D eigenvalue weighted by atomic mass is 28.5. The third-order valence-electron chi connectivity index (χ3n) is 6.59. The summed E-state index contributed by atoms with van der Waals surface area (Å²) in [6, 6.07) is 1.94. The second-order valence-electron chi connectivity index (χ2n) is 20.1. The molecule has 8 nitrogen and oxygen atoms in total. The molecular weight excluding hydrogens is 766 g/mol. The predicted molar refractivity (Wildman–Crippen MR) is 236 cm³/mol. The van der Waals surface area contributed by atoms with Gasteiger partial charge in [-0.05, 0) is 150 Å². The molecule has 0 aliphatic carbocycles. The van der Waals surface area contributed by atoms with Crippen molar-refractivity contribution in [1.29, 1.82) is 0 Å². The van der Waals surface area contributed by atoms with Crippen LogP contribution in [0, 0.1) is 0 Å². The molecule has 0 bridgehead atoms. The summed E-state index contributed by atoms with van der Waals surface area (Å²) in [5.41, 5.74) is 0. The van der Waals surface area contributed by atoms with Gasteiger partial charge >= 0.3 is 18.1 Å². The van der Waals surface area contributed by atoms with Gasteiger partial charge in [-0.15, -0.1) is 0 Å². The van der Waals surface area contributed by atoms with Crippen molar-refractivity contribution in [3.8, 4) is 0 Å². The molecule has 0 aromatic carbocycles. The van der Waals surface area contributed by atoms with Gasteiger partial charge in [0, 0.05) is 14.8 Å². The average molecular weight is 842 g/mol. The van der Waals surface area contributed by atoms with Gasteiger partial charge in [0.05, 0.1) is 6.60 Å². The summed E-state index contributed by atoms with van der Waals surface area (Å²) < 4.78 is 55.6. The van der Waals surface area contributed by atoms with E-state index in [1.54, 1.807) is 0 Å². The highest BCUT2D eigenvalue weighted by Gasteiger charge is 2.58. The van der Waals surface area contributed by atoms with Crippen molar-refractivity contribution in [2.45, 2.75) is 175 Å². The molecule has 21 heteroatoms. The molecule has 0 heterocycles. The molecule has 0 spiro atoms. The van der Waals surface area contributed by atoms with E-state index in [0.29, 0.717) is 0 Å². The maximum atomic E-state index is 7.16. The Bertz CT molecular complexity index is 922. The molecule has 0 atom stereocenters. The molecule has 0 N–H and O–H groups in total. The minimum absolute atomic E-state index is 0.204. The average Bonchev–Trinajstić information content (AvgIpc) is 2.69. The summed E-state index contributed by atoms with van der Waals surface area (Å²) in [6.07, 6.45) is 1.95. The molecular formula is C27H76B3O8Si10. The van der Waals surface area contributed by atoms with Crippen LogP contribution >= 0.6 is 0 Å². The summed E-state index contributed by atoms with van der Waals surface area (Å²) in [5, 5.41) is 0. The number of rotatable bonds is 24. The normalized spacial score (nSPS) is 15.2. The van der Waals surface area contributed by atoms with Crippen LogP contribution in [0.15, 0.2) is 0 Å². The van der Waals surface area contributed by atoms with Gasteiger partial charge in [-0.3, -0.25) is 0 Å². The predicted octanol–water partition coefficient (Wildman–Crippen LogP) is 9.51. The topological polar surface area (TPSA) is 73.8 Å². The Hall–Kier alpha value is 2.04. The third-order valence-corrected chi connectivity index (χ3v) is 38.2. The van der Waals surface area contributed by atoms with E-state index >= 15 is 0 Å². The van der Waals surface area contributed by atoms with Gasteiger partial charge in [0.25, 0.3) is 0 Å². The molecule has 0 rings (SSSR count). The first kappa shape index (κ1) is 50.0. The first-order valence-corrected chi connectivity index (χ1v) is 47.7. The molecule has 0 aromatic heterocycles. The monoisotopic (exact) mass is 841 g/mol. The number of hydrogen-bond donors (Lipinski definition) is 0. The van der Waals surface area contributed by atoms with Crippen molar-refractivity contribution < 1.29 is 32.9 Å². The molecule has 0 aromatic rings. The third kappa shape index (κ3) is 23.7. The molecule has 0 unspecified atom stereocenters. The molecule has 281 valence electrons. The van der Waals surface area contributed by atoms with Crippen molar-refractivity contribution in [2.75, 3.05) is 0 Å². The van der Waals surface area contributed by atoms with Crippen molar-refractivity contribution in [1.82, 2.24) is 0 Å². The molecule has 0 amide bonds. The summed E-state index contributed by atoms with van der Waals surface area (Å²) >= 11 is 0. The van der Waals surface area contributed by atoms with Crippen LogP contribution in [0.3, 0.4) is 0 Å². The Kier molecular flexibility index (Phi) is 18.9. The smallest absolute Gasteiger partial charge is 0.396 e. The molecule has 3 radical (unpaired) electrons.